The number of hydrogen-bond acceptors (Lipinski definition) is 5. The maximum absolute atomic E-state index is 10.7. The van der Waals surface area contributed by atoms with Crippen molar-refractivity contribution in [2.24, 2.45) is 0 Å². The molecule has 1 aromatic rings. The minimum Gasteiger partial charge on any atom is -0.493 e. The third kappa shape index (κ3) is 2.02. The smallest absolute Gasteiger partial charge is 0.280 e. The zero-order valence-electron chi connectivity index (χ0n) is 8.69. The summed E-state index contributed by atoms with van der Waals surface area (Å²) in [6.07, 6.45) is 0. The van der Waals surface area contributed by atoms with Gasteiger partial charge in [0, 0.05) is 0 Å². The number of nitro groups is 1. The van der Waals surface area contributed by atoms with E-state index < -0.39 is 11.5 Å². The van der Waals surface area contributed by atoms with Crippen LogP contribution in [0.3, 0.4) is 0 Å². The van der Waals surface area contributed by atoms with Crippen molar-refractivity contribution >= 4 is 17.3 Å². The van der Waals surface area contributed by atoms with E-state index in [9.17, 15) is 10.1 Å². The van der Waals surface area contributed by atoms with Crippen LogP contribution in [0.4, 0.5) is 5.69 Å². The van der Waals surface area contributed by atoms with Gasteiger partial charge >= 0.3 is 0 Å². The van der Waals surface area contributed by atoms with Gasteiger partial charge in [-0.25, -0.2) is 0 Å². The van der Waals surface area contributed by atoms with Gasteiger partial charge in [0.2, 0.25) is 0 Å². The van der Waals surface area contributed by atoms with Gasteiger partial charge in [-0.05, 0) is 0 Å². The predicted octanol–water partition coefficient (Wildman–Crippen LogP) is 1.76. The van der Waals surface area contributed by atoms with Crippen molar-refractivity contribution in [3.63, 3.8) is 0 Å². The van der Waals surface area contributed by atoms with Gasteiger partial charge in [-0.15, -0.1) is 0 Å². The van der Waals surface area contributed by atoms with Crippen molar-refractivity contribution in [2.45, 2.75) is 6.61 Å². The minimum atomic E-state index is -0.639. The van der Waals surface area contributed by atoms with Crippen LogP contribution in [0, 0.1) is 10.1 Å². The number of aliphatic hydroxyl groups is 1. The van der Waals surface area contributed by atoms with Crippen LogP contribution < -0.4 is 9.47 Å². The van der Waals surface area contributed by atoms with Crippen LogP contribution in [0.5, 0.6) is 11.5 Å². The molecule has 0 aliphatic rings. The molecule has 6 nitrogen and oxygen atoms in total. The summed E-state index contributed by atoms with van der Waals surface area (Å²) in [6.45, 7) is -0.546. The van der Waals surface area contributed by atoms with Crippen molar-refractivity contribution in [1.29, 1.82) is 0 Å². The van der Waals surface area contributed by atoms with Gasteiger partial charge in [0.1, 0.15) is 0 Å². The molecule has 16 heavy (non-hydrogen) atoms. The Morgan fingerprint density at radius 1 is 1.50 bits per heavy atom. The molecule has 0 aliphatic heterocycles. The number of rotatable bonds is 4. The number of ether oxygens (including phenoxy) is 2. The van der Waals surface area contributed by atoms with Crippen molar-refractivity contribution in [1.82, 2.24) is 0 Å². The lowest BCUT2D eigenvalue weighted by Gasteiger charge is -2.11. The van der Waals surface area contributed by atoms with Crippen LogP contribution in [-0.2, 0) is 6.61 Å². The number of benzene rings is 1. The first-order valence-electron chi connectivity index (χ1n) is 4.25. The highest BCUT2D eigenvalue weighted by molar-refractivity contribution is 6.33. The van der Waals surface area contributed by atoms with Gasteiger partial charge in [-0.1, -0.05) is 11.6 Å². The minimum absolute atomic E-state index is 0.00400. The van der Waals surface area contributed by atoms with E-state index in [2.05, 4.69) is 0 Å². The van der Waals surface area contributed by atoms with E-state index in [1.807, 2.05) is 0 Å². The highest BCUT2D eigenvalue weighted by atomic mass is 35.5. The molecule has 0 bridgehead atoms. The number of nitrogens with zero attached hydrogens (tertiary/aromatic N) is 1. The molecule has 7 heteroatoms. The molecular formula is C9H10ClNO5. The van der Waals surface area contributed by atoms with Crippen molar-refractivity contribution in [3.8, 4) is 11.5 Å². The first-order chi connectivity index (χ1) is 7.56. The van der Waals surface area contributed by atoms with Gasteiger partial charge in [-0.3, -0.25) is 10.1 Å². The second-order valence-electron chi connectivity index (χ2n) is 2.84. The molecule has 0 amide bonds. The maximum Gasteiger partial charge on any atom is 0.280 e. The largest absolute Gasteiger partial charge is 0.493 e. The summed E-state index contributed by atoms with van der Waals surface area (Å²) in [5.74, 6) is 0.315. The van der Waals surface area contributed by atoms with Gasteiger partial charge in [-0.2, -0.15) is 0 Å². The van der Waals surface area contributed by atoms with E-state index in [0.717, 1.165) is 6.07 Å². The van der Waals surface area contributed by atoms with Crippen LogP contribution in [0.1, 0.15) is 5.56 Å². The topological polar surface area (TPSA) is 81.8 Å². The number of halogens is 1. The van der Waals surface area contributed by atoms with E-state index in [1.54, 1.807) is 0 Å². The summed E-state index contributed by atoms with van der Waals surface area (Å²) < 4.78 is 9.87. The number of methoxy groups -OCH3 is 2. The zero-order chi connectivity index (χ0) is 12.3. The second-order valence-corrected chi connectivity index (χ2v) is 3.22. The third-order valence-electron chi connectivity index (χ3n) is 2.04. The molecule has 0 aliphatic carbocycles. The van der Waals surface area contributed by atoms with Gasteiger partial charge in [0.15, 0.2) is 11.5 Å². The molecule has 0 fully saturated rings. The van der Waals surface area contributed by atoms with Crippen molar-refractivity contribution < 1.29 is 19.5 Å². The van der Waals surface area contributed by atoms with Gasteiger partial charge in [0.25, 0.3) is 5.69 Å². The number of hydrogen-bond donors (Lipinski definition) is 1. The molecule has 0 saturated heterocycles. The molecule has 0 heterocycles. The zero-order valence-corrected chi connectivity index (χ0v) is 9.45. The van der Waals surface area contributed by atoms with Gasteiger partial charge in [0.05, 0.1) is 42.4 Å². The Morgan fingerprint density at radius 2 is 2.12 bits per heavy atom. The quantitative estimate of drug-likeness (QED) is 0.648. The Hall–Kier alpha value is -1.53. The summed E-state index contributed by atoms with van der Waals surface area (Å²) >= 11 is 5.87. The molecule has 0 saturated carbocycles. The Kier molecular flexibility index (Phi) is 3.92. The molecule has 0 atom stereocenters. The Morgan fingerprint density at radius 3 is 2.50 bits per heavy atom. The highest BCUT2D eigenvalue weighted by Crippen LogP contribution is 2.42. The molecule has 0 radical (unpaired) electrons. The van der Waals surface area contributed by atoms with Crippen LogP contribution in [-0.4, -0.2) is 24.2 Å². The molecule has 88 valence electrons. The maximum atomic E-state index is 10.7. The lowest BCUT2D eigenvalue weighted by molar-refractivity contribution is -0.385. The first kappa shape index (κ1) is 12.5. The molecule has 1 aromatic carbocycles. The summed E-state index contributed by atoms with van der Waals surface area (Å²) in [7, 11) is 2.70. The Labute approximate surface area is 96.5 Å². The normalized spacial score (nSPS) is 10.0. The van der Waals surface area contributed by atoms with Crippen LogP contribution in [0.15, 0.2) is 6.07 Å². The van der Waals surface area contributed by atoms with Crippen LogP contribution in [0.25, 0.3) is 0 Å². The molecule has 1 N–H and O–H groups in total. The standard InChI is InChI=1S/C9H10ClNO5/c1-15-7-3-6(11(13)14)5(4-12)8(10)9(7)16-2/h3,12H,4H2,1-2H3. The SMILES string of the molecule is COc1cc([N+](=O)[O-])c(CO)c(Cl)c1OC. The van der Waals surface area contributed by atoms with Gasteiger partial charge < -0.3 is 14.6 Å². The summed E-state index contributed by atoms with van der Waals surface area (Å²) in [6, 6.07) is 1.16. The summed E-state index contributed by atoms with van der Waals surface area (Å²) in [5.41, 5.74) is -0.297. The Bertz CT molecular complexity index is 421. The fraction of sp³-hybridized carbons (Fsp3) is 0.333. The molecule has 0 unspecified atom stereocenters. The Balaban J connectivity index is 3.54. The van der Waals surface area contributed by atoms with E-state index in [1.165, 1.54) is 14.2 Å². The van der Waals surface area contributed by atoms with E-state index in [0.29, 0.717) is 0 Å². The lowest BCUT2D eigenvalue weighted by atomic mass is 10.1. The first-order valence-corrected chi connectivity index (χ1v) is 4.63. The second kappa shape index (κ2) is 5.00. The van der Waals surface area contributed by atoms with E-state index in [4.69, 9.17) is 26.2 Å². The summed E-state index contributed by atoms with van der Waals surface area (Å²) in [5, 5.41) is 19.8. The van der Waals surface area contributed by atoms with E-state index in [-0.39, 0.29) is 27.8 Å². The number of aliphatic hydroxyl groups excluding tert-OH is 1. The van der Waals surface area contributed by atoms with Crippen LogP contribution >= 0.6 is 11.6 Å². The molecule has 0 spiro atoms. The number of nitro benzene ring substituents is 1. The average molecular weight is 248 g/mol. The highest BCUT2D eigenvalue weighted by Gasteiger charge is 2.24. The predicted molar refractivity (Wildman–Crippen MR) is 57.1 cm³/mol. The molecule has 0 aromatic heterocycles. The fourth-order valence-corrected chi connectivity index (χ4v) is 1.62. The third-order valence-corrected chi connectivity index (χ3v) is 2.44. The monoisotopic (exact) mass is 247 g/mol. The lowest BCUT2D eigenvalue weighted by Crippen LogP contribution is -2.00. The summed E-state index contributed by atoms with van der Waals surface area (Å²) in [4.78, 5) is 10.1. The van der Waals surface area contributed by atoms with E-state index >= 15 is 0 Å². The van der Waals surface area contributed by atoms with Crippen molar-refractivity contribution in [3.05, 3.63) is 26.8 Å². The van der Waals surface area contributed by atoms with Crippen molar-refractivity contribution in [2.75, 3.05) is 14.2 Å². The average Bonchev–Trinajstić information content (AvgIpc) is 2.27. The fourth-order valence-electron chi connectivity index (χ4n) is 1.29. The molecule has 1 rings (SSSR count). The van der Waals surface area contributed by atoms with Crippen LogP contribution in [0.2, 0.25) is 5.02 Å². The molecular weight excluding hydrogens is 238 g/mol.